The predicted molar refractivity (Wildman–Crippen MR) is 115 cm³/mol. The van der Waals surface area contributed by atoms with E-state index in [0.29, 0.717) is 0 Å². The summed E-state index contributed by atoms with van der Waals surface area (Å²) in [6.45, 7) is 13.6. The average molecular weight is 370 g/mol. The number of benzene rings is 2. The zero-order valence-electron chi connectivity index (χ0n) is 17.9. The van der Waals surface area contributed by atoms with Crippen LogP contribution in [0.5, 0.6) is 5.75 Å². The Bertz CT molecular complexity index is 766. The number of nitrogens with zero attached hydrogens (tertiary/aromatic N) is 1. The van der Waals surface area contributed by atoms with E-state index < -0.39 is 6.10 Å². The van der Waals surface area contributed by atoms with Gasteiger partial charge in [-0.3, -0.25) is 0 Å². The fourth-order valence-electron chi connectivity index (χ4n) is 3.62. The fraction of sp³-hybridized carbons (Fsp3) is 0.500. The standard InChI is InChI=1S/C24H35NO2/c1-8-9-12-25(7)19-13-16(2)22(17(3)14-19)23(27)18-10-11-21(26)20(15-18)24(4,5)6/h10-11,13-15,23,26-27H,8-9,12H2,1-7H3. The van der Waals surface area contributed by atoms with Crippen LogP contribution in [0.15, 0.2) is 30.3 Å². The zero-order chi connectivity index (χ0) is 20.4. The minimum Gasteiger partial charge on any atom is -0.508 e. The molecule has 0 saturated heterocycles. The molecule has 2 aromatic rings. The summed E-state index contributed by atoms with van der Waals surface area (Å²) in [6.07, 6.45) is 1.64. The SMILES string of the molecule is CCCCN(C)c1cc(C)c(C(O)c2ccc(O)c(C(C)(C)C)c2)c(C)c1. The Morgan fingerprint density at radius 3 is 2.15 bits per heavy atom. The topological polar surface area (TPSA) is 43.7 Å². The van der Waals surface area contributed by atoms with E-state index in [0.717, 1.165) is 34.4 Å². The third-order valence-electron chi connectivity index (χ3n) is 5.28. The van der Waals surface area contributed by atoms with Gasteiger partial charge in [-0.15, -0.1) is 0 Å². The van der Waals surface area contributed by atoms with Gasteiger partial charge >= 0.3 is 0 Å². The summed E-state index contributed by atoms with van der Waals surface area (Å²) < 4.78 is 0. The molecule has 148 valence electrons. The molecule has 3 heteroatoms. The van der Waals surface area contributed by atoms with Crippen LogP contribution in [0.3, 0.4) is 0 Å². The number of rotatable bonds is 6. The molecule has 0 saturated carbocycles. The molecule has 0 fully saturated rings. The van der Waals surface area contributed by atoms with E-state index in [1.54, 1.807) is 6.07 Å². The lowest BCUT2D eigenvalue weighted by molar-refractivity contribution is 0.218. The molecule has 0 aliphatic carbocycles. The number of aryl methyl sites for hydroxylation is 2. The monoisotopic (exact) mass is 369 g/mol. The second kappa shape index (κ2) is 8.35. The van der Waals surface area contributed by atoms with Gasteiger partial charge in [0.15, 0.2) is 0 Å². The molecule has 0 aliphatic rings. The van der Waals surface area contributed by atoms with Crippen molar-refractivity contribution in [3.05, 3.63) is 58.1 Å². The lowest BCUT2D eigenvalue weighted by Gasteiger charge is -2.25. The van der Waals surface area contributed by atoms with Crippen molar-refractivity contribution in [1.29, 1.82) is 0 Å². The van der Waals surface area contributed by atoms with Crippen LogP contribution in [0.4, 0.5) is 5.69 Å². The average Bonchev–Trinajstić information content (AvgIpc) is 2.58. The number of hydrogen-bond acceptors (Lipinski definition) is 3. The van der Waals surface area contributed by atoms with Gasteiger partial charge in [0.25, 0.3) is 0 Å². The van der Waals surface area contributed by atoms with E-state index in [-0.39, 0.29) is 11.2 Å². The smallest absolute Gasteiger partial charge is 0.119 e. The summed E-state index contributed by atoms with van der Waals surface area (Å²) in [5.74, 6) is 0.278. The normalized spacial score (nSPS) is 12.9. The third-order valence-corrected chi connectivity index (χ3v) is 5.28. The van der Waals surface area contributed by atoms with Gasteiger partial charge in [-0.05, 0) is 77.8 Å². The molecule has 0 aromatic heterocycles. The zero-order valence-corrected chi connectivity index (χ0v) is 17.9. The van der Waals surface area contributed by atoms with Crippen LogP contribution in [0, 0.1) is 13.8 Å². The van der Waals surface area contributed by atoms with Crippen LogP contribution in [-0.2, 0) is 5.41 Å². The van der Waals surface area contributed by atoms with Crippen molar-refractivity contribution in [2.45, 2.75) is 65.9 Å². The summed E-state index contributed by atoms with van der Waals surface area (Å²) in [4.78, 5) is 2.28. The molecule has 1 unspecified atom stereocenters. The number of anilines is 1. The minimum atomic E-state index is -0.707. The highest BCUT2D eigenvalue weighted by Gasteiger charge is 2.22. The molecule has 27 heavy (non-hydrogen) atoms. The molecule has 0 heterocycles. The molecule has 2 rings (SSSR count). The van der Waals surface area contributed by atoms with E-state index in [9.17, 15) is 10.2 Å². The van der Waals surface area contributed by atoms with Crippen molar-refractivity contribution in [2.75, 3.05) is 18.5 Å². The first-order valence-corrected chi connectivity index (χ1v) is 9.90. The van der Waals surface area contributed by atoms with E-state index >= 15 is 0 Å². The molecule has 3 nitrogen and oxygen atoms in total. The number of aromatic hydroxyl groups is 1. The molecule has 0 amide bonds. The highest BCUT2D eigenvalue weighted by atomic mass is 16.3. The van der Waals surface area contributed by atoms with Gasteiger partial charge in [0.1, 0.15) is 11.9 Å². The number of aliphatic hydroxyl groups is 1. The Morgan fingerprint density at radius 1 is 1.04 bits per heavy atom. The molecule has 2 N–H and O–H groups in total. The first-order valence-electron chi connectivity index (χ1n) is 9.90. The first kappa shape index (κ1) is 21.3. The van der Waals surface area contributed by atoms with Gasteiger partial charge in [0, 0.05) is 19.3 Å². The second-order valence-corrected chi connectivity index (χ2v) is 8.70. The highest BCUT2D eigenvalue weighted by molar-refractivity contribution is 5.56. The maximum Gasteiger partial charge on any atom is 0.119 e. The number of phenols is 1. The third kappa shape index (κ3) is 4.84. The summed E-state index contributed by atoms with van der Waals surface area (Å²) in [5, 5.41) is 21.3. The molecule has 1 atom stereocenters. The Labute approximate surface area is 164 Å². The van der Waals surface area contributed by atoms with Crippen molar-refractivity contribution in [2.24, 2.45) is 0 Å². The molecule has 0 spiro atoms. The second-order valence-electron chi connectivity index (χ2n) is 8.70. The van der Waals surface area contributed by atoms with Crippen molar-refractivity contribution >= 4 is 5.69 Å². The first-order chi connectivity index (χ1) is 12.6. The van der Waals surface area contributed by atoms with Crippen LogP contribution in [0.25, 0.3) is 0 Å². The highest BCUT2D eigenvalue weighted by Crippen LogP contribution is 2.36. The number of hydrogen-bond donors (Lipinski definition) is 2. The Hall–Kier alpha value is -2.00. The molecular formula is C24H35NO2. The van der Waals surface area contributed by atoms with Crippen LogP contribution in [0.1, 0.15) is 74.5 Å². The van der Waals surface area contributed by atoms with Gasteiger partial charge in [-0.1, -0.05) is 40.2 Å². The van der Waals surface area contributed by atoms with Crippen molar-refractivity contribution in [3.63, 3.8) is 0 Å². The van der Waals surface area contributed by atoms with Crippen LogP contribution in [-0.4, -0.2) is 23.8 Å². The van der Waals surface area contributed by atoms with Crippen LogP contribution >= 0.6 is 0 Å². The Morgan fingerprint density at radius 2 is 1.63 bits per heavy atom. The van der Waals surface area contributed by atoms with E-state index in [2.05, 4.69) is 65.6 Å². The molecule has 0 aliphatic heterocycles. The predicted octanol–water partition coefficient (Wildman–Crippen LogP) is 5.62. The van der Waals surface area contributed by atoms with Crippen molar-refractivity contribution in [1.82, 2.24) is 0 Å². The molecule has 2 aromatic carbocycles. The minimum absolute atomic E-state index is 0.185. The van der Waals surface area contributed by atoms with Crippen LogP contribution < -0.4 is 4.90 Å². The summed E-state index contributed by atoms with van der Waals surface area (Å²) in [7, 11) is 2.12. The maximum atomic E-state index is 11.1. The lowest BCUT2D eigenvalue weighted by Crippen LogP contribution is -2.19. The molecule has 0 bridgehead atoms. The van der Waals surface area contributed by atoms with Gasteiger partial charge in [-0.2, -0.15) is 0 Å². The van der Waals surface area contributed by atoms with E-state index in [4.69, 9.17) is 0 Å². The summed E-state index contributed by atoms with van der Waals surface area (Å²) in [6, 6.07) is 9.75. The quantitative estimate of drug-likeness (QED) is 0.694. The fourth-order valence-corrected chi connectivity index (χ4v) is 3.62. The maximum absolute atomic E-state index is 11.1. The van der Waals surface area contributed by atoms with E-state index in [1.165, 1.54) is 18.5 Å². The van der Waals surface area contributed by atoms with E-state index in [1.807, 2.05) is 12.1 Å². The molecular weight excluding hydrogens is 334 g/mol. The van der Waals surface area contributed by atoms with Gasteiger partial charge < -0.3 is 15.1 Å². The van der Waals surface area contributed by atoms with Crippen molar-refractivity contribution in [3.8, 4) is 5.75 Å². The number of aliphatic hydroxyl groups excluding tert-OH is 1. The van der Waals surface area contributed by atoms with Gasteiger partial charge in [-0.25, -0.2) is 0 Å². The van der Waals surface area contributed by atoms with Crippen molar-refractivity contribution < 1.29 is 10.2 Å². The number of unbranched alkanes of at least 4 members (excludes halogenated alkanes) is 1. The Balaban J connectivity index is 2.41. The van der Waals surface area contributed by atoms with Gasteiger partial charge in [0.05, 0.1) is 0 Å². The van der Waals surface area contributed by atoms with Crippen LogP contribution in [0.2, 0.25) is 0 Å². The molecule has 0 radical (unpaired) electrons. The lowest BCUT2D eigenvalue weighted by atomic mass is 9.83. The largest absolute Gasteiger partial charge is 0.508 e. The summed E-state index contributed by atoms with van der Waals surface area (Å²) >= 11 is 0. The van der Waals surface area contributed by atoms with Gasteiger partial charge in [0.2, 0.25) is 0 Å². The summed E-state index contributed by atoms with van der Waals surface area (Å²) in [5.41, 5.74) is 5.80. The Kier molecular flexibility index (Phi) is 6.59. The number of phenolic OH excluding ortho intramolecular Hbond substituents is 1.